The zero-order chi connectivity index (χ0) is 37.5. The first-order valence-corrected chi connectivity index (χ1v) is 20.4. The van der Waals surface area contributed by atoms with Gasteiger partial charge in [-0.05, 0) is 122 Å². The molecule has 0 bridgehead atoms. The SMILES string of the molecule is CC12CCCCC1(C)N(c1ccccc1)c1ccc(-c3cccc4c(-c5ccc6c(c5)-c5ccccc5C6(c5ccccc5)c5ccccc5)cccc34)cc12. The lowest BCUT2D eigenvalue weighted by Crippen LogP contribution is -2.54. The van der Waals surface area contributed by atoms with Crippen molar-refractivity contribution >= 4 is 22.1 Å². The quantitative estimate of drug-likeness (QED) is 0.171. The molecular formula is C55H45N. The van der Waals surface area contributed by atoms with Gasteiger partial charge in [0.05, 0.1) is 11.0 Å². The minimum Gasteiger partial charge on any atom is -0.334 e. The van der Waals surface area contributed by atoms with Crippen molar-refractivity contribution in [3.8, 4) is 33.4 Å². The first-order valence-electron chi connectivity index (χ1n) is 20.4. The van der Waals surface area contributed by atoms with Gasteiger partial charge in [0.15, 0.2) is 0 Å². The highest BCUT2D eigenvalue weighted by Crippen LogP contribution is 2.61. The van der Waals surface area contributed by atoms with Gasteiger partial charge >= 0.3 is 0 Å². The van der Waals surface area contributed by atoms with Crippen LogP contribution in [0.1, 0.15) is 67.3 Å². The Bertz CT molecular complexity index is 2740. The first-order chi connectivity index (χ1) is 27.5. The third kappa shape index (κ3) is 4.49. The van der Waals surface area contributed by atoms with Crippen LogP contribution < -0.4 is 4.90 Å². The van der Waals surface area contributed by atoms with Crippen LogP contribution in [0.25, 0.3) is 44.2 Å². The molecule has 11 rings (SSSR count). The van der Waals surface area contributed by atoms with Crippen LogP contribution in [0.3, 0.4) is 0 Å². The molecule has 8 aromatic carbocycles. The van der Waals surface area contributed by atoms with Crippen molar-refractivity contribution in [3.05, 3.63) is 216 Å². The molecule has 1 aliphatic heterocycles. The number of hydrogen-bond acceptors (Lipinski definition) is 1. The Morgan fingerprint density at radius 2 is 0.946 bits per heavy atom. The van der Waals surface area contributed by atoms with Gasteiger partial charge in [-0.3, -0.25) is 0 Å². The molecule has 1 heterocycles. The Morgan fingerprint density at radius 3 is 1.62 bits per heavy atom. The summed E-state index contributed by atoms with van der Waals surface area (Å²) in [4.78, 5) is 2.67. The second kappa shape index (κ2) is 12.4. The predicted octanol–water partition coefficient (Wildman–Crippen LogP) is 14.3. The summed E-state index contributed by atoms with van der Waals surface area (Å²) in [5.41, 5.74) is 16.9. The summed E-state index contributed by atoms with van der Waals surface area (Å²) in [5, 5.41) is 2.58. The molecule has 0 amide bonds. The summed E-state index contributed by atoms with van der Waals surface area (Å²) in [5.74, 6) is 0. The van der Waals surface area contributed by atoms with E-state index in [2.05, 4.69) is 207 Å². The van der Waals surface area contributed by atoms with Crippen LogP contribution in [-0.2, 0) is 10.8 Å². The van der Waals surface area contributed by atoms with Gasteiger partial charge in [-0.2, -0.15) is 0 Å². The minimum absolute atomic E-state index is 0.0320. The van der Waals surface area contributed by atoms with E-state index in [9.17, 15) is 0 Å². The van der Waals surface area contributed by atoms with E-state index >= 15 is 0 Å². The van der Waals surface area contributed by atoms with Crippen molar-refractivity contribution in [1.82, 2.24) is 0 Å². The second-order valence-corrected chi connectivity index (χ2v) is 16.7. The molecular weight excluding hydrogens is 675 g/mol. The average Bonchev–Trinajstić information content (AvgIpc) is 3.67. The number of anilines is 2. The lowest BCUT2D eigenvalue weighted by Gasteiger charge is -2.50. The van der Waals surface area contributed by atoms with Gasteiger partial charge in [0.2, 0.25) is 0 Å². The molecule has 2 atom stereocenters. The van der Waals surface area contributed by atoms with Gasteiger partial charge in [0, 0.05) is 16.8 Å². The molecule has 8 aromatic rings. The Labute approximate surface area is 330 Å². The average molecular weight is 720 g/mol. The van der Waals surface area contributed by atoms with Gasteiger partial charge in [-0.1, -0.05) is 177 Å². The van der Waals surface area contributed by atoms with Crippen LogP contribution in [0.2, 0.25) is 0 Å². The maximum atomic E-state index is 2.67. The lowest BCUT2D eigenvalue weighted by molar-refractivity contribution is 0.195. The summed E-state index contributed by atoms with van der Waals surface area (Å²) in [7, 11) is 0. The van der Waals surface area contributed by atoms with Crippen LogP contribution in [0, 0.1) is 0 Å². The van der Waals surface area contributed by atoms with Crippen LogP contribution >= 0.6 is 0 Å². The van der Waals surface area contributed by atoms with Gasteiger partial charge in [0.25, 0.3) is 0 Å². The van der Waals surface area contributed by atoms with Crippen molar-refractivity contribution in [1.29, 1.82) is 0 Å². The van der Waals surface area contributed by atoms with E-state index in [0.29, 0.717) is 0 Å². The lowest BCUT2D eigenvalue weighted by atomic mass is 9.61. The summed E-state index contributed by atoms with van der Waals surface area (Å²) in [6.07, 6.45) is 4.96. The third-order valence-electron chi connectivity index (χ3n) is 14.1. The van der Waals surface area contributed by atoms with Crippen molar-refractivity contribution < 1.29 is 0 Å². The molecule has 3 aliphatic rings. The highest BCUT2D eigenvalue weighted by atomic mass is 15.3. The fourth-order valence-corrected chi connectivity index (χ4v) is 11.3. The van der Waals surface area contributed by atoms with E-state index in [1.165, 1.54) is 109 Å². The molecule has 1 fully saturated rings. The maximum Gasteiger partial charge on any atom is 0.0713 e. The first kappa shape index (κ1) is 33.2. The zero-order valence-electron chi connectivity index (χ0n) is 32.2. The Kier molecular flexibility index (Phi) is 7.36. The third-order valence-corrected chi connectivity index (χ3v) is 14.1. The molecule has 2 aliphatic carbocycles. The van der Waals surface area contributed by atoms with Crippen LogP contribution in [0.5, 0.6) is 0 Å². The van der Waals surface area contributed by atoms with Crippen molar-refractivity contribution in [2.24, 2.45) is 0 Å². The molecule has 0 saturated heterocycles. The van der Waals surface area contributed by atoms with Crippen molar-refractivity contribution in [2.45, 2.75) is 55.9 Å². The molecule has 0 radical (unpaired) electrons. The van der Waals surface area contributed by atoms with E-state index in [0.717, 1.165) is 0 Å². The number of hydrogen-bond donors (Lipinski definition) is 0. The van der Waals surface area contributed by atoms with E-state index in [1.807, 2.05) is 0 Å². The van der Waals surface area contributed by atoms with Crippen LogP contribution in [0.15, 0.2) is 188 Å². The minimum atomic E-state index is -0.395. The fraction of sp³-hybridized carbons (Fsp3) is 0.164. The Morgan fingerprint density at radius 1 is 0.411 bits per heavy atom. The molecule has 1 saturated carbocycles. The number of rotatable bonds is 5. The van der Waals surface area contributed by atoms with Gasteiger partial charge in [-0.25, -0.2) is 0 Å². The Balaban J connectivity index is 1.07. The van der Waals surface area contributed by atoms with Gasteiger partial charge in [-0.15, -0.1) is 0 Å². The van der Waals surface area contributed by atoms with Crippen molar-refractivity contribution in [3.63, 3.8) is 0 Å². The molecule has 1 heteroatoms. The predicted molar refractivity (Wildman–Crippen MR) is 235 cm³/mol. The standard InChI is InChI=1S/C55H45N/c1-53-34-14-15-35-54(53,2)56(42-22-10-5-11-23-42)52-33-31-39(37-51(52)53)44-26-17-27-45-43(25-16-28-46(44)45)38-30-32-50-48(36-38)47-24-12-13-29-49(47)55(50,40-18-6-3-7-19-40)41-20-8-4-9-21-41/h3-13,16-33,36-37H,14-15,34-35H2,1-2H3. The smallest absolute Gasteiger partial charge is 0.0713 e. The summed E-state index contributed by atoms with van der Waals surface area (Å²) < 4.78 is 0. The molecule has 2 unspecified atom stereocenters. The zero-order valence-corrected chi connectivity index (χ0v) is 32.2. The fourth-order valence-electron chi connectivity index (χ4n) is 11.3. The number of nitrogens with zero attached hydrogens (tertiary/aromatic N) is 1. The number of benzene rings is 8. The second-order valence-electron chi connectivity index (χ2n) is 16.7. The monoisotopic (exact) mass is 719 g/mol. The van der Waals surface area contributed by atoms with Gasteiger partial charge in [0.1, 0.15) is 0 Å². The van der Waals surface area contributed by atoms with Crippen molar-refractivity contribution in [2.75, 3.05) is 4.90 Å². The van der Waals surface area contributed by atoms with Crippen LogP contribution in [0.4, 0.5) is 11.4 Å². The molecule has 1 nitrogen and oxygen atoms in total. The Hall–Kier alpha value is -6.18. The summed E-state index contributed by atoms with van der Waals surface area (Å²) in [6.45, 7) is 5.05. The topological polar surface area (TPSA) is 3.24 Å². The maximum absolute atomic E-state index is 2.67. The number of para-hydroxylation sites is 1. The van der Waals surface area contributed by atoms with E-state index < -0.39 is 5.41 Å². The largest absolute Gasteiger partial charge is 0.334 e. The van der Waals surface area contributed by atoms with E-state index in [1.54, 1.807) is 0 Å². The highest BCUT2D eigenvalue weighted by molar-refractivity contribution is 6.05. The number of fused-ring (bicyclic) bond motifs is 7. The molecule has 0 spiro atoms. The molecule has 270 valence electrons. The van der Waals surface area contributed by atoms with Gasteiger partial charge < -0.3 is 4.90 Å². The normalized spacial score (nSPS) is 20.3. The molecule has 56 heavy (non-hydrogen) atoms. The van der Waals surface area contributed by atoms with E-state index in [4.69, 9.17) is 0 Å². The summed E-state index contributed by atoms with van der Waals surface area (Å²) >= 11 is 0. The molecule has 0 aromatic heterocycles. The highest BCUT2D eigenvalue weighted by Gasteiger charge is 2.57. The van der Waals surface area contributed by atoms with E-state index in [-0.39, 0.29) is 11.0 Å². The van der Waals surface area contributed by atoms with Crippen LogP contribution in [-0.4, -0.2) is 5.54 Å². The summed E-state index contributed by atoms with van der Waals surface area (Å²) in [6, 6.07) is 70.6. The molecule has 0 N–H and O–H groups in total.